The SMILES string of the molecule is Cc1cccc(NC(=O)C2CCN(S(=O)(=O)c3c(C)[nH]c(C)c3C(=O)N3CCCCC3)CC2)n1. The first-order chi connectivity index (χ1) is 16.2. The first-order valence-corrected chi connectivity index (χ1v) is 13.4. The van der Waals surface area contributed by atoms with Crippen molar-refractivity contribution in [1.29, 1.82) is 0 Å². The summed E-state index contributed by atoms with van der Waals surface area (Å²) in [5.74, 6) is -0.165. The van der Waals surface area contributed by atoms with E-state index in [1.165, 1.54) is 4.31 Å². The summed E-state index contributed by atoms with van der Waals surface area (Å²) in [6.07, 6.45) is 3.78. The molecule has 0 radical (unpaired) electrons. The minimum atomic E-state index is -3.89. The monoisotopic (exact) mass is 487 g/mol. The minimum Gasteiger partial charge on any atom is -0.361 e. The van der Waals surface area contributed by atoms with E-state index in [1.54, 1.807) is 24.8 Å². The first kappa shape index (κ1) is 24.4. The van der Waals surface area contributed by atoms with Crippen LogP contribution in [-0.2, 0) is 14.8 Å². The number of hydrogen-bond donors (Lipinski definition) is 2. The zero-order chi connectivity index (χ0) is 24.5. The predicted octanol–water partition coefficient (Wildman–Crippen LogP) is 3.00. The van der Waals surface area contributed by atoms with Crippen molar-refractivity contribution < 1.29 is 18.0 Å². The van der Waals surface area contributed by atoms with Gasteiger partial charge >= 0.3 is 0 Å². The summed E-state index contributed by atoms with van der Waals surface area (Å²) in [6.45, 7) is 7.05. The van der Waals surface area contributed by atoms with Gasteiger partial charge in [0, 0.05) is 49.2 Å². The van der Waals surface area contributed by atoms with Crippen LogP contribution in [0.1, 0.15) is 59.5 Å². The molecule has 2 amide bonds. The standard InChI is InChI=1S/C24H33N5O4S/c1-16-8-7-9-20(25-16)27-23(30)19-10-14-29(15-11-19)34(32,33)22-18(3)26-17(2)21(22)24(31)28-12-5-4-6-13-28/h7-9,19,26H,4-6,10-15H2,1-3H3,(H,25,27,30). The van der Waals surface area contributed by atoms with E-state index in [9.17, 15) is 18.0 Å². The van der Waals surface area contributed by atoms with Gasteiger partial charge in [-0.2, -0.15) is 4.31 Å². The van der Waals surface area contributed by atoms with E-state index in [2.05, 4.69) is 15.3 Å². The fraction of sp³-hybridized carbons (Fsp3) is 0.542. The van der Waals surface area contributed by atoms with Gasteiger partial charge in [-0.15, -0.1) is 0 Å². The zero-order valence-electron chi connectivity index (χ0n) is 20.1. The molecule has 184 valence electrons. The van der Waals surface area contributed by atoms with E-state index in [-0.39, 0.29) is 41.3 Å². The lowest BCUT2D eigenvalue weighted by Crippen LogP contribution is -2.42. The van der Waals surface area contributed by atoms with Crippen molar-refractivity contribution >= 4 is 27.7 Å². The number of anilines is 1. The van der Waals surface area contributed by atoms with Gasteiger partial charge in [0.15, 0.2) is 0 Å². The molecule has 4 rings (SSSR count). The van der Waals surface area contributed by atoms with Crippen LogP contribution in [0.3, 0.4) is 0 Å². The highest BCUT2D eigenvalue weighted by Gasteiger charge is 2.38. The highest BCUT2D eigenvalue weighted by atomic mass is 32.2. The average molecular weight is 488 g/mol. The summed E-state index contributed by atoms with van der Waals surface area (Å²) >= 11 is 0. The Bertz CT molecular complexity index is 1180. The van der Waals surface area contributed by atoms with E-state index in [4.69, 9.17) is 0 Å². The Hall–Kier alpha value is -2.72. The second-order valence-corrected chi connectivity index (χ2v) is 11.1. The molecule has 2 aromatic heterocycles. The number of likely N-dealkylation sites (tertiary alicyclic amines) is 1. The molecule has 0 aliphatic carbocycles. The van der Waals surface area contributed by atoms with Crippen molar-refractivity contribution in [2.45, 2.75) is 57.8 Å². The predicted molar refractivity (Wildman–Crippen MR) is 129 cm³/mol. The van der Waals surface area contributed by atoms with Crippen molar-refractivity contribution in [2.24, 2.45) is 5.92 Å². The fourth-order valence-electron chi connectivity index (χ4n) is 4.92. The highest BCUT2D eigenvalue weighted by molar-refractivity contribution is 7.89. The van der Waals surface area contributed by atoms with Crippen molar-refractivity contribution in [2.75, 3.05) is 31.5 Å². The number of H-pyrrole nitrogens is 1. The number of pyridine rings is 1. The molecule has 0 unspecified atom stereocenters. The summed E-state index contributed by atoms with van der Waals surface area (Å²) < 4.78 is 28.7. The lowest BCUT2D eigenvalue weighted by atomic mass is 9.97. The number of carbonyl (C=O) groups excluding carboxylic acids is 2. The Morgan fingerprint density at radius 1 is 1.00 bits per heavy atom. The van der Waals surface area contributed by atoms with Crippen molar-refractivity contribution in [1.82, 2.24) is 19.2 Å². The van der Waals surface area contributed by atoms with E-state index in [0.29, 0.717) is 43.1 Å². The molecule has 2 aliphatic heterocycles. The number of nitrogens with zero attached hydrogens (tertiary/aromatic N) is 3. The molecule has 34 heavy (non-hydrogen) atoms. The minimum absolute atomic E-state index is 0.0763. The van der Waals surface area contributed by atoms with Crippen LogP contribution in [-0.4, -0.2) is 65.6 Å². The molecule has 2 fully saturated rings. The van der Waals surface area contributed by atoms with Crippen molar-refractivity contribution in [3.63, 3.8) is 0 Å². The van der Waals surface area contributed by atoms with E-state index >= 15 is 0 Å². The van der Waals surface area contributed by atoms with Crippen molar-refractivity contribution in [3.8, 4) is 0 Å². The van der Waals surface area contributed by atoms with Gasteiger partial charge in [-0.3, -0.25) is 9.59 Å². The molecule has 2 aliphatic rings. The number of nitrogens with one attached hydrogen (secondary N) is 2. The number of aryl methyl sites for hydroxylation is 3. The lowest BCUT2D eigenvalue weighted by Gasteiger charge is -2.31. The second-order valence-electron chi connectivity index (χ2n) is 9.26. The van der Waals surface area contributed by atoms with Crippen molar-refractivity contribution in [3.05, 3.63) is 40.8 Å². The average Bonchev–Trinajstić information content (AvgIpc) is 3.13. The van der Waals surface area contributed by atoms with Crippen LogP contribution >= 0.6 is 0 Å². The number of carbonyl (C=O) groups is 2. The number of sulfonamides is 1. The molecule has 0 bridgehead atoms. The third-order valence-electron chi connectivity index (χ3n) is 6.74. The molecule has 10 heteroatoms. The topological polar surface area (TPSA) is 115 Å². The van der Waals surface area contributed by atoms with Gasteiger partial charge in [0.25, 0.3) is 5.91 Å². The fourth-order valence-corrected chi connectivity index (χ4v) is 6.81. The molecule has 2 N–H and O–H groups in total. The second kappa shape index (κ2) is 9.87. The number of aromatic nitrogens is 2. The first-order valence-electron chi connectivity index (χ1n) is 11.9. The summed E-state index contributed by atoms with van der Waals surface area (Å²) in [4.78, 5) is 35.2. The van der Waals surface area contributed by atoms with Gasteiger partial charge in [0.1, 0.15) is 10.7 Å². The van der Waals surface area contributed by atoms with Gasteiger partial charge in [0.05, 0.1) is 5.56 Å². The quantitative estimate of drug-likeness (QED) is 0.673. The Morgan fingerprint density at radius 3 is 2.32 bits per heavy atom. The van der Waals surface area contributed by atoms with Crippen LogP contribution in [0.15, 0.2) is 23.1 Å². The van der Waals surface area contributed by atoms with Crippen LogP contribution in [0.5, 0.6) is 0 Å². The van der Waals surface area contributed by atoms with Crippen LogP contribution in [0.25, 0.3) is 0 Å². The molecule has 2 saturated heterocycles. The molecule has 0 aromatic carbocycles. The van der Waals surface area contributed by atoms with Gasteiger partial charge in [-0.25, -0.2) is 13.4 Å². The lowest BCUT2D eigenvalue weighted by molar-refractivity contribution is -0.120. The smallest absolute Gasteiger partial charge is 0.257 e. The molecule has 9 nitrogen and oxygen atoms in total. The van der Waals surface area contributed by atoms with Crippen LogP contribution in [0.2, 0.25) is 0 Å². The van der Waals surface area contributed by atoms with Crippen LogP contribution in [0, 0.1) is 26.7 Å². The summed E-state index contributed by atoms with van der Waals surface area (Å²) in [5.41, 5.74) is 2.12. The Morgan fingerprint density at radius 2 is 1.68 bits per heavy atom. The Labute approximate surface area is 201 Å². The summed E-state index contributed by atoms with van der Waals surface area (Å²) in [5, 5.41) is 2.84. The molecular formula is C24H33N5O4S. The molecule has 0 saturated carbocycles. The molecule has 0 atom stereocenters. The summed E-state index contributed by atoms with van der Waals surface area (Å²) in [7, 11) is -3.89. The maximum atomic E-state index is 13.7. The van der Waals surface area contributed by atoms with Crippen LogP contribution in [0.4, 0.5) is 5.82 Å². The number of rotatable bonds is 5. The van der Waals surface area contributed by atoms with Gasteiger partial charge in [-0.1, -0.05) is 6.07 Å². The van der Waals surface area contributed by atoms with Gasteiger partial charge in [-0.05, 0) is 65.0 Å². The number of amides is 2. The van der Waals surface area contributed by atoms with E-state index in [1.807, 2.05) is 19.1 Å². The van der Waals surface area contributed by atoms with E-state index < -0.39 is 10.0 Å². The van der Waals surface area contributed by atoms with Gasteiger partial charge in [0.2, 0.25) is 15.9 Å². The third-order valence-corrected chi connectivity index (χ3v) is 8.81. The number of aromatic amines is 1. The van der Waals surface area contributed by atoms with Crippen LogP contribution < -0.4 is 5.32 Å². The highest BCUT2D eigenvalue weighted by Crippen LogP contribution is 2.31. The maximum absolute atomic E-state index is 13.7. The molecular weight excluding hydrogens is 454 g/mol. The molecule has 4 heterocycles. The molecule has 0 spiro atoms. The number of piperidine rings is 2. The van der Waals surface area contributed by atoms with E-state index in [0.717, 1.165) is 25.0 Å². The number of hydrogen-bond acceptors (Lipinski definition) is 5. The zero-order valence-corrected chi connectivity index (χ0v) is 20.9. The normalized spacial score (nSPS) is 18.1. The Kier molecular flexibility index (Phi) is 7.09. The van der Waals surface area contributed by atoms with Gasteiger partial charge < -0.3 is 15.2 Å². The Balaban J connectivity index is 1.48. The third kappa shape index (κ3) is 4.88. The summed E-state index contributed by atoms with van der Waals surface area (Å²) in [6, 6.07) is 5.42. The maximum Gasteiger partial charge on any atom is 0.257 e. The molecule has 2 aromatic rings. The largest absolute Gasteiger partial charge is 0.361 e.